The fourth-order valence-electron chi connectivity index (χ4n) is 2.66. The van der Waals surface area contributed by atoms with E-state index in [4.69, 9.17) is 5.73 Å². The van der Waals surface area contributed by atoms with Crippen LogP contribution in [0.3, 0.4) is 0 Å². The van der Waals surface area contributed by atoms with Gasteiger partial charge in [0.1, 0.15) is 0 Å². The van der Waals surface area contributed by atoms with E-state index in [1.54, 1.807) is 0 Å². The molecule has 3 heteroatoms. The Bertz CT molecular complexity index is 542. The zero-order valence-electron chi connectivity index (χ0n) is 12.5. The van der Waals surface area contributed by atoms with E-state index in [9.17, 15) is 0 Å². The lowest BCUT2D eigenvalue weighted by Crippen LogP contribution is -2.34. The van der Waals surface area contributed by atoms with Gasteiger partial charge in [-0.2, -0.15) is 0 Å². The predicted molar refractivity (Wildman–Crippen MR) is 93.1 cm³/mol. The molecule has 0 heterocycles. The largest absolute Gasteiger partial charge is 0.329 e. The van der Waals surface area contributed by atoms with Crippen molar-refractivity contribution in [2.24, 2.45) is 5.73 Å². The van der Waals surface area contributed by atoms with Crippen molar-refractivity contribution in [1.82, 2.24) is 4.90 Å². The normalized spacial score (nSPS) is 12.6. The summed E-state index contributed by atoms with van der Waals surface area (Å²) < 4.78 is 1.11. The number of hydrogen-bond acceptors (Lipinski definition) is 2. The minimum Gasteiger partial charge on any atom is -0.329 e. The van der Waals surface area contributed by atoms with Gasteiger partial charge in [-0.05, 0) is 36.2 Å². The minimum atomic E-state index is 0.252. The molecule has 0 saturated heterocycles. The Labute approximate surface area is 136 Å². The molecule has 1 atom stereocenters. The lowest BCUT2D eigenvalue weighted by atomic mass is 10.0. The molecule has 2 rings (SSSR count). The minimum absolute atomic E-state index is 0.252. The van der Waals surface area contributed by atoms with Gasteiger partial charge in [0.2, 0.25) is 0 Å². The molecule has 0 amide bonds. The van der Waals surface area contributed by atoms with Gasteiger partial charge in [0, 0.05) is 23.6 Å². The highest BCUT2D eigenvalue weighted by Gasteiger charge is 2.18. The number of benzene rings is 2. The highest BCUT2D eigenvalue weighted by atomic mass is 79.9. The first kappa shape index (κ1) is 16.2. The molecule has 0 aromatic heterocycles. The van der Waals surface area contributed by atoms with Gasteiger partial charge in [-0.25, -0.2) is 0 Å². The average Bonchev–Trinajstić information content (AvgIpc) is 2.49. The molecule has 1 unspecified atom stereocenters. The maximum atomic E-state index is 6.08. The summed E-state index contributed by atoms with van der Waals surface area (Å²) in [6.07, 6.45) is 1.12. The molecule has 112 valence electrons. The van der Waals surface area contributed by atoms with E-state index >= 15 is 0 Å². The van der Waals surface area contributed by atoms with Crippen molar-refractivity contribution < 1.29 is 0 Å². The molecule has 0 aliphatic heterocycles. The molecule has 0 fully saturated rings. The van der Waals surface area contributed by atoms with Gasteiger partial charge in [0.15, 0.2) is 0 Å². The third-order valence-corrected chi connectivity index (χ3v) is 4.13. The summed E-state index contributed by atoms with van der Waals surface area (Å²) >= 11 is 3.56. The van der Waals surface area contributed by atoms with Crippen LogP contribution in [-0.4, -0.2) is 18.0 Å². The van der Waals surface area contributed by atoms with Gasteiger partial charge in [0.05, 0.1) is 0 Å². The van der Waals surface area contributed by atoms with E-state index in [0.717, 1.165) is 24.0 Å². The first-order chi connectivity index (χ1) is 10.2. The van der Waals surface area contributed by atoms with Crippen molar-refractivity contribution in [1.29, 1.82) is 0 Å². The summed E-state index contributed by atoms with van der Waals surface area (Å²) in [6, 6.07) is 19.3. The molecule has 2 aromatic rings. The SMILES string of the molecule is CCCN(Cc1ccccc1)C(CN)c1cccc(Br)c1. The smallest absolute Gasteiger partial charge is 0.0474 e. The molecule has 0 bridgehead atoms. The standard InChI is InChI=1S/C18H23BrN2/c1-2-11-21(14-15-7-4-3-5-8-15)18(13-20)16-9-6-10-17(19)12-16/h3-10,12,18H,2,11,13-14,20H2,1H3. The third-order valence-electron chi connectivity index (χ3n) is 3.64. The zero-order valence-corrected chi connectivity index (χ0v) is 14.1. The second-order valence-corrected chi connectivity index (χ2v) is 6.18. The first-order valence-corrected chi connectivity index (χ1v) is 8.27. The molecule has 2 nitrogen and oxygen atoms in total. The first-order valence-electron chi connectivity index (χ1n) is 7.48. The molecule has 0 aliphatic carbocycles. The lowest BCUT2D eigenvalue weighted by molar-refractivity contribution is 0.193. The number of halogens is 1. The predicted octanol–water partition coefficient (Wildman–Crippen LogP) is 4.36. The highest BCUT2D eigenvalue weighted by molar-refractivity contribution is 9.10. The van der Waals surface area contributed by atoms with Gasteiger partial charge in [-0.3, -0.25) is 4.90 Å². The van der Waals surface area contributed by atoms with Crippen molar-refractivity contribution in [2.75, 3.05) is 13.1 Å². The Morgan fingerprint density at radius 2 is 1.86 bits per heavy atom. The molecular weight excluding hydrogens is 324 g/mol. The van der Waals surface area contributed by atoms with E-state index in [1.807, 2.05) is 0 Å². The Balaban J connectivity index is 2.22. The molecule has 0 aliphatic rings. The van der Waals surface area contributed by atoms with E-state index in [0.29, 0.717) is 6.54 Å². The van der Waals surface area contributed by atoms with E-state index < -0.39 is 0 Å². The van der Waals surface area contributed by atoms with Crippen LogP contribution in [-0.2, 0) is 6.54 Å². The van der Waals surface area contributed by atoms with Crippen LogP contribution >= 0.6 is 15.9 Å². The number of rotatable bonds is 7. The summed E-state index contributed by atoms with van der Waals surface area (Å²) in [4.78, 5) is 2.47. The van der Waals surface area contributed by atoms with Gasteiger partial charge in [-0.15, -0.1) is 0 Å². The maximum Gasteiger partial charge on any atom is 0.0474 e. The van der Waals surface area contributed by atoms with Crippen LogP contribution in [0.25, 0.3) is 0 Å². The molecule has 2 aromatic carbocycles. The van der Waals surface area contributed by atoms with Crippen molar-refractivity contribution in [2.45, 2.75) is 25.9 Å². The molecule has 21 heavy (non-hydrogen) atoms. The summed E-state index contributed by atoms with van der Waals surface area (Å²) in [7, 11) is 0. The Morgan fingerprint density at radius 3 is 2.48 bits per heavy atom. The van der Waals surface area contributed by atoms with Crippen molar-refractivity contribution >= 4 is 15.9 Å². The second kappa shape index (κ2) is 8.32. The average molecular weight is 347 g/mol. The molecule has 0 spiro atoms. The van der Waals surface area contributed by atoms with Crippen LogP contribution in [0, 0.1) is 0 Å². The number of hydrogen-bond donors (Lipinski definition) is 1. The quantitative estimate of drug-likeness (QED) is 0.806. The Morgan fingerprint density at radius 1 is 1.10 bits per heavy atom. The summed E-state index contributed by atoms with van der Waals surface area (Å²) in [5, 5.41) is 0. The van der Waals surface area contributed by atoms with Gasteiger partial charge in [0.25, 0.3) is 0 Å². The van der Waals surface area contributed by atoms with Gasteiger partial charge in [-0.1, -0.05) is 65.3 Å². The fraction of sp³-hybridized carbons (Fsp3) is 0.333. The highest BCUT2D eigenvalue weighted by Crippen LogP contribution is 2.24. The van der Waals surface area contributed by atoms with Crippen molar-refractivity contribution in [3.05, 3.63) is 70.2 Å². The topological polar surface area (TPSA) is 29.3 Å². The van der Waals surface area contributed by atoms with Crippen LogP contribution in [0.2, 0.25) is 0 Å². The fourth-order valence-corrected chi connectivity index (χ4v) is 3.08. The van der Waals surface area contributed by atoms with Crippen molar-refractivity contribution in [3.8, 4) is 0 Å². The number of nitrogens with two attached hydrogens (primary N) is 1. The lowest BCUT2D eigenvalue weighted by Gasteiger charge is -2.31. The molecule has 2 N–H and O–H groups in total. The van der Waals surface area contributed by atoms with Crippen LogP contribution in [0.1, 0.15) is 30.5 Å². The summed E-state index contributed by atoms with van der Waals surface area (Å²) in [6.45, 7) is 4.82. The van der Waals surface area contributed by atoms with Crippen LogP contribution in [0.4, 0.5) is 0 Å². The molecular formula is C18H23BrN2. The van der Waals surface area contributed by atoms with Crippen molar-refractivity contribution in [3.63, 3.8) is 0 Å². The zero-order chi connectivity index (χ0) is 15.1. The Hall–Kier alpha value is -1.16. The summed E-state index contributed by atoms with van der Waals surface area (Å²) in [5.41, 5.74) is 8.69. The second-order valence-electron chi connectivity index (χ2n) is 5.26. The maximum absolute atomic E-state index is 6.08. The van der Waals surface area contributed by atoms with E-state index in [1.165, 1.54) is 11.1 Å². The van der Waals surface area contributed by atoms with E-state index in [2.05, 4.69) is 82.4 Å². The third kappa shape index (κ3) is 4.67. The van der Waals surface area contributed by atoms with Gasteiger partial charge >= 0.3 is 0 Å². The van der Waals surface area contributed by atoms with Crippen LogP contribution in [0.15, 0.2) is 59.1 Å². The molecule has 0 saturated carbocycles. The monoisotopic (exact) mass is 346 g/mol. The molecule has 0 radical (unpaired) electrons. The van der Waals surface area contributed by atoms with Crippen LogP contribution in [0.5, 0.6) is 0 Å². The van der Waals surface area contributed by atoms with E-state index in [-0.39, 0.29) is 6.04 Å². The summed E-state index contributed by atoms with van der Waals surface area (Å²) in [5.74, 6) is 0. The van der Waals surface area contributed by atoms with Crippen LogP contribution < -0.4 is 5.73 Å². The van der Waals surface area contributed by atoms with Gasteiger partial charge < -0.3 is 5.73 Å². The number of nitrogens with zero attached hydrogens (tertiary/aromatic N) is 1. The Kier molecular flexibility index (Phi) is 6.43.